The molecule has 0 spiro atoms. The van der Waals surface area contributed by atoms with Crippen molar-refractivity contribution in [1.29, 1.82) is 0 Å². The van der Waals surface area contributed by atoms with Crippen LogP contribution in [0.1, 0.15) is 19.5 Å². The van der Waals surface area contributed by atoms with Crippen LogP contribution in [-0.2, 0) is 12.3 Å². The predicted octanol–water partition coefficient (Wildman–Crippen LogP) is 4.21. The molecule has 26 heavy (non-hydrogen) atoms. The van der Waals surface area contributed by atoms with E-state index in [4.69, 9.17) is 10.1 Å². The first-order valence-electron chi connectivity index (χ1n) is 8.65. The molecule has 134 valence electrons. The van der Waals surface area contributed by atoms with Crippen molar-refractivity contribution in [3.05, 3.63) is 48.0 Å². The van der Waals surface area contributed by atoms with E-state index in [1.54, 1.807) is 18.3 Å². The van der Waals surface area contributed by atoms with E-state index in [1.165, 1.54) is 12.1 Å². The molecule has 3 aromatic rings. The van der Waals surface area contributed by atoms with Gasteiger partial charge in [-0.2, -0.15) is 16.9 Å². The van der Waals surface area contributed by atoms with Crippen LogP contribution in [0.2, 0.25) is 0 Å². The van der Waals surface area contributed by atoms with Gasteiger partial charge in [-0.05, 0) is 44.2 Å². The largest absolute Gasteiger partial charge is 0.352 e. The molecule has 0 radical (unpaired) electrons. The molecule has 0 bridgehead atoms. The van der Waals surface area contributed by atoms with Gasteiger partial charge in [0.25, 0.3) is 0 Å². The molecule has 2 aromatic heterocycles. The highest BCUT2D eigenvalue weighted by molar-refractivity contribution is 7.98. The van der Waals surface area contributed by atoms with Crippen LogP contribution in [-0.4, -0.2) is 31.5 Å². The zero-order valence-corrected chi connectivity index (χ0v) is 15.6. The Kier molecular flexibility index (Phi) is 4.63. The molecule has 1 aliphatic rings. The minimum absolute atomic E-state index is 0.249. The standard InChI is InChI=1S/C19H20FN5S/c1-12(2)22-19-21-8-7-15(23-19)17-16-11-26-10-9-25(16)24-18(17)13-3-5-14(20)6-4-13/h3-8,12H,9-11H2,1-2H3,(H,21,22,23). The normalized spacial score (nSPS) is 13.7. The van der Waals surface area contributed by atoms with Crippen LogP contribution < -0.4 is 5.32 Å². The van der Waals surface area contributed by atoms with Crippen molar-refractivity contribution < 1.29 is 4.39 Å². The molecule has 0 amide bonds. The number of aryl methyl sites for hydroxylation is 1. The summed E-state index contributed by atoms with van der Waals surface area (Å²) >= 11 is 1.89. The number of nitrogens with zero attached hydrogens (tertiary/aromatic N) is 4. The Labute approximate surface area is 156 Å². The van der Waals surface area contributed by atoms with Gasteiger partial charge in [0.05, 0.1) is 23.5 Å². The number of hydrogen-bond donors (Lipinski definition) is 1. The van der Waals surface area contributed by atoms with Gasteiger partial charge in [-0.3, -0.25) is 4.68 Å². The van der Waals surface area contributed by atoms with E-state index in [9.17, 15) is 4.39 Å². The van der Waals surface area contributed by atoms with Crippen LogP contribution >= 0.6 is 11.8 Å². The van der Waals surface area contributed by atoms with Gasteiger partial charge in [0.1, 0.15) is 11.5 Å². The fourth-order valence-corrected chi connectivity index (χ4v) is 3.99. The molecule has 1 aliphatic heterocycles. The fourth-order valence-electron chi connectivity index (χ4n) is 3.05. The average molecular weight is 369 g/mol. The molecule has 0 fully saturated rings. The van der Waals surface area contributed by atoms with Crippen LogP contribution in [0.3, 0.4) is 0 Å². The van der Waals surface area contributed by atoms with Gasteiger partial charge in [-0.25, -0.2) is 14.4 Å². The monoisotopic (exact) mass is 369 g/mol. The predicted molar refractivity (Wildman–Crippen MR) is 104 cm³/mol. The number of thioether (sulfide) groups is 1. The Morgan fingerprint density at radius 2 is 2.00 bits per heavy atom. The van der Waals surface area contributed by atoms with E-state index in [1.807, 2.05) is 17.8 Å². The number of hydrogen-bond acceptors (Lipinski definition) is 5. The first kappa shape index (κ1) is 17.0. The van der Waals surface area contributed by atoms with Gasteiger partial charge in [0, 0.05) is 29.3 Å². The average Bonchev–Trinajstić information content (AvgIpc) is 3.01. The molecule has 3 heterocycles. The molecule has 0 saturated carbocycles. The molecule has 7 heteroatoms. The van der Waals surface area contributed by atoms with Crippen molar-refractivity contribution in [3.8, 4) is 22.5 Å². The summed E-state index contributed by atoms with van der Waals surface area (Å²) in [5.74, 6) is 2.28. The van der Waals surface area contributed by atoms with E-state index >= 15 is 0 Å². The Hall–Kier alpha value is -2.41. The number of rotatable bonds is 4. The molecule has 1 N–H and O–H groups in total. The number of aromatic nitrogens is 4. The summed E-state index contributed by atoms with van der Waals surface area (Å²) < 4.78 is 15.4. The highest BCUT2D eigenvalue weighted by atomic mass is 32.2. The second-order valence-electron chi connectivity index (χ2n) is 6.52. The lowest BCUT2D eigenvalue weighted by Crippen LogP contribution is -2.13. The van der Waals surface area contributed by atoms with Gasteiger partial charge in [0.2, 0.25) is 5.95 Å². The third-order valence-corrected chi connectivity index (χ3v) is 5.14. The second kappa shape index (κ2) is 7.07. The van der Waals surface area contributed by atoms with Gasteiger partial charge >= 0.3 is 0 Å². The van der Waals surface area contributed by atoms with Gasteiger partial charge in [-0.15, -0.1) is 0 Å². The Morgan fingerprint density at radius 3 is 2.77 bits per heavy atom. The lowest BCUT2D eigenvalue weighted by Gasteiger charge is -2.14. The number of anilines is 1. The van der Waals surface area contributed by atoms with E-state index < -0.39 is 0 Å². The molecule has 0 aliphatic carbocycles. The first-order chi connectivity index (χ1) is 12.6. The Bertz CT molecular complexity index is 920. The second-order valence-corrected chi connectivity index (χ2v) is 7.62. The Balaban J connectivity index is 1.86. The summed E-state index contributed by atoms with van der Waals surface area (Å²) in [5.41, 5.74) is 4.75. The number of halogens is 1. The minimum atomic E-state index is -0.250. The van der Waals surface area contributed by atoms with E-state index in [0.29, 0.717) is 5.95 Å². The quantitative estimate of drug-likeness (QED) is 0.746. The van der Waals surface area contributed by atoms with Gasteiger partial charge in [0.15, 0.2) is 0 Å². The van der Waals surface area contributed by atoms with Crippen molar-refractivity contribution in [3.63, 3.8) is 0 Å². The molecule has 1 aromatic carbocycles. The van der Waals surface area contributed by atoms with E-state index in [2.05, 4.69) is 28.8 Å². The van der Waals surface area contributed by atoms with Crippen LogP contribution in [0.4, 0.5) is 10.3 Å². The van der Waals surface area contributed by atoms with Crippen LogP contribution in [0.5, 0.6) is 0 Å². The lowest BCUT2D eigenvalue weighted by molar-refractivity contribution is 0.627. The molecule has 0 unspecified atom stereocenters. The summed E-state index contributed by atoms with van der Waals surface area (Å²) in [6.45, 7) is 4.98. The summed E-state index contributed by atoms with van der Waals surface area (Å²) in [7, 11) is 0. The highest BCUT2D eigenvalue weighted by Crippen LogP contribution is 2.37. The van der Waals surface area contributed by atoms with Crippen LogP contribution in [0.25, 0.3) is 22.5 Å². The van der Waals surface area contributed by atoms with Crippen molar-refractivity contribution in [1.82, 2.24) is 19.7 Å². The van der Waals surface area contributed by atoms with Gasteiger partial charge < -0.3 is 5.32 Å². The smallest absolute Gasteiger partial charge is 0.223 e. The number of nitrogens with one attached hydrogen (secondary N) is 1. The molecular weight excluding hydrogens is 349 g/mol. The number of fused-ring (bicyclic) bond motifs is 1. The fraction of sp³-hybridized carbons (Fsp3) is 0.316. The zero-order valence-electron chi connectivity index (χ0n) is 14.7. The van der Waals surface area contributed by atoms with Crippen LogP contribution in [0.15, 0.2) is 36.5 Å². The van der Waals surface area contributed by atoms with Crippen molar-refractivity contribution in [2.45, 2.75) is 32.2 Å². The lowest BCUT2D eigenvalue weighted by atomic mass is 10.0. The van der Waals surface area contributed by atoms with Gasteiger partial charge in [-0.1, -0.05) is 0 Å². The topological polar surface area (TPSA) is 55.6 Å². The third kappa shape index (κ3) is 3.31. The third-order valence-electron chi connectivity index (χ3n) is 4.19. The maximum atomic E-state index is 13.4. The summed E-state index contributed by atoms with van der Waals surface area (Å²) in [6.07, 6.45) is 1.77. The first-order valence-corrected chi connectivity index (χ1v) is 9.80. The Morgan fingerprint density at radius 1 is 1.19 bits per heavy atom. The maximum Gasteiger partial charge on any atom is 0.223 e. The highest BCUT2D eigenvalue weighted by Gasteiger charge is 2.24. The molecule has 5 nitrogen and oxygen atoms in total. The molecule has 0 atom stereocenters. The molecule has 4 rings (SSSR count). The van der Waals surface area contributed by atoms with Crippen LogP contribution in [0, 0.1) is 5.82 Å². The molecular formula is C19H20FN5S. The summed E-state index contributed by atoms with van der Waals surface area (Å²) in [6, 6.07) is 8.65. The maximum absolute atomic E-state index is 13.4. The van der Waals surface area contributed by atoms with Crippen molar-refractivity contribution >= 4 is 17.7 Å². The summed E-state index contributed by atoms with van der Waals surface area (Å²) in [4.78, 5) is 9.02. The molecule has 0 saturated heterocycles. The zero-order chi connectivity index (χ0) is 18.1. The summed E-state index contributed by atoms with van der Waals surface area (Å²) in [5, 5.41) is 8.07. The van der Waals surface area contributed by atoms with Crippen molar-refractivity contribution in [2.75, 3.05) is 11.1 Å². The van der Waals surface area contributed by atoms with Crippen molar-refractivity contribution in [2.24, 2.45) is 0 Å². The number of benzene rings is 1. The minimum Gasteiger partial charge on any atom is -0.352 e. The SMILES string of the molecule is CC(C)Nc1nccc(-c2c(-c3ccc(F)cc3)nn3c2CSCC3)n1. The van der Waals surface area contributed by atoms with E-state index in [0.717, 1.165) is 46.3 Å². The van der Waals surface area contributed by atoms with E-state index in [-0.39, 0.29) is 11.9 Å².